The second-order valence-corrected chi connectivity index (χ2v) is 5.24. The number of aromatic nitrogens is 2. The number of halogens is 1. The molecule has 0 saturated heterocycles. The summed E-state index contributed by atoms with van der Waals surface area (Å²) >= 11 is 2.06. The van der Waals surface area contributed by atoms with Crippen LogP contribution >= 0.6 is 22.6 Å². The van der Waals surface area contributed by atoms with Gasteiger partial charge < -0.3 is 14.8 Å². The van der Waals surface area contributed by atoms with E-state index in [1.165, 1.54) is 6.33 Å². The number of nitrogens with one attached hydrogen (secondary N) is 1. The summed E-state index contributed by atoms with van der Waals surface area (Å²) in [6, 6.07) is 0. The van der Waals surface area contributed by atoms with Gasteiger partial charge in [0.05, 0.1) is 6.33 Å². The monoisotopic (exact) mass is 350 g/mol. The number of hydrogen-bond donors (Lipinski definition) is 1. The van der Waals surface area contributed by atoms with Gasteiger partial charge in [0.1, 0.15) is 9.39 Å². The van der Waals surface area contributed by atoms with Crippen LogP contribution in [0.1, 0.15) is 13.3 Å². The lowest BCUT2D eigenvalue weighted by Crippen LogP contribution is -2.34. The van der Waals surface area contributed by atoms with Crippen molar-refractivity contribution in [1.82, 2.24) is 14.9 Å². The molecule has 17 heavy (non-hydrogen) atoms. The average Bonchev–Trinajstić information content (AvgIpc) is 2.28. The largest absolute Gasteiger partial charge is 0.354 e. The van der Waals surface area contributed by atoms with E-state index in [9.17, 15) is 4.79 Å². The zero-order valence-electron chi connectivity index (χ0n) is 10.5. The summed E-state index contributed by atoms with van der Waals surface area (Å²) in [4.78, 5) is 22.7. The first-order valence-electron chi connectivity index (χ1n) is 5.69. The standard InChI is InChI=1S/C11H19IN4O/c1-4-5-16(7-6-15(2)3)10-9(12)11(17)14-8-13-10/h8H,4-7H2,1-3H3,(H,13,14,17). The van der Waals surface area contributed by atoms with Crippen LogP contribution in [0.4, 0.5) is 5.82 Å². The van der Waals surface area contributed by atoms with Gasteiger partial charge in [-0.3, -0.25) is 4.79 Å². The summed E-state index contributed by atoms with van der Waals surface area (Å²) < 4.78 is 0.664. The van der Waals surface area contributed by atoms with Gasteiger partial charge >= 0.3 is 0 Å². The minimum Gasteiger partial charge on any atom is -0.354 e. The van der Waals surface area contributed by atoms with E-state index in [2.05, 4.69) is 49.3 Å². The molecule has 0 aliphatic carbocycles. The third kappa shape index (κ3) is 4.27. The molecular weight excluding hydrogens is 331 g/mol. The van der Waals surface area contributed by atoms with Gasteiger partial charge in [-0.2, -0.15) is 0 Å². The maximum atomic E-state index is 11.5. The van der Waals surface area contributed by atoms with E-state index >= 15 is 0 Å². The summed E-state index contributed by atoms with van der Waals surface area (Å²) in [5.74, 6) is 0.790. The van der Waals surface area contributed by atoms with E-state index in [1.807, 2.05) is 14.1 Å². The van der Waals surface area contributed by atoms with Crippen molar-refractivity contribution in [2.45, 2.75) is 13.3 Å². The van der Waals surface area contributed by atoms with Crippen molar-refractivity contribution in [3.8, 4) is 0 Å². The molecule has 0 atom stereocenters. The van der Waals surface area contributed by atoms with E-state index in [1.54, 1.807) is 0 Å². The van der Waals surface area contributed by atoms with Crippen molar-refractivity contribution in [2.24, 2.45) is 0 Å². The average molecular weight is 350 g/mol. The first-order valence-corrected chi connectivity index (χ1v) is 6.77. The molecule has 1 heterocycles. The molecule has 0 fully saturated rings. The van der Waals surface area contributed by atoms with Crippen molar-refractivity contribution in [3.63, 3.8) is 0 Å². The maximum Gasteiger partial charge on any atom is 0.266 e. The van der Waals surface area contributed by atoms with Crippen LogP contribution in [-0.4, -0.2) is 48.6 Å². The van der Waals surface area contributed by atoms with Gasteiger partial charge in [-0.25, -0.2) is 4.98 Å². The van der Waals surface area contributed by atoms with Crippen LogP contribution in [0.2, 0.25) is 0 Å². The van der Waals surface area contributed by atoms with E-state index in [0.717, 1.165) is 31.9 Å². The highest BCUT2D eigenvalue weighted by molar-refractivity contribution is 14.1. The summed E-state index contributed by atoms with van der Waals surface area (Å²) in [6.45, 7) is 4.88. The SMILES string of the molecule is CCCN(CCN(C)C)c1nc[nH]c(=O)c1I. The van der Waals surface area contributed by atoms with Crippen LogP contribution in [0.5, 0.6) is 0 Å². The quantitative estimate of drug-likeness (QED) is 0.783. The Hall–Kier alpha value is -0.630. The number of hydrogen-bond acceptors (Lipinski definition) is 4. The first kappa shape index (κ1) is 14.4. The van der Waals surface area contributed by atoms with Crippen molar-refractivity contribution in [1.29, 1.82) is 0 Å². The molecule has 1 aromatic rings. The van der Waals surface area contributed by atoms with Crippen molar-refractivity contribution >= 4 is 28.4 Å². The number of anilines is 1. The van der Waals surface area contributed by atoms with E-state index in [0.29, 0.717) is 3.57 Å². The molecule has 5 nitrogen and oxygen atoms in total. The Balaban J connectivity index is 2.89. The Morgan fingerprint density at radius 3 is 2.65 bits per heavy atom. The second kappa shape index (κ2) is 6.95. The molecule has 0 aromatic carbocycles. The van der Waals surface area contributed by atoms with Gasteiger partial charge in [-0.1, -0.05) is 6.92 Å². The van der Waals surface area contributed by atoms with Crippen molar-refractivity contribution in [3.05, 3.63) is 20.3 Å². The van der Waals surface area contributed by atoms with Crippen molar-refractivity contribution < 1.29 is 0 Å². The maximum absolute atomic E-state index is 11.5. The molecule has 6 heteroatoms. The number of nitrogens with zero attached hydrogens (tertiary/aromatic N) is 3. The number of aromatic amines is 1. The Morgan fingerprint density at radius 1 is 1.35 bits per heavy atom. The summed E-state index contributed by atoms with van der Waals surface area (Å²) in [5, 5.41) is 0. The highest BCUT2D eigenvalue weighted by Crippen LogP contribution is 2.15. The number of likely N-dealkylation sites (N-methyl/N-ethyl adjacent to an activating group) is 1. The van der Waals surface area contributed by atoms with Crippen LogP contribution in [0, 0.1) is 3.57 Å². The molecule has 0 saturated carbocycles. The highest BCUT2D eigenvalue weighted by atomic mass is 127. The Kier molecular flexibility index (Phi) is 5.90. The van der Waals surface area contributed by atoms with Crippen molar-refractivity contribution in [2.75, 3.05) is 38.6 Å². The minimum absolute atomic E-state index is 0.0680. The van der Waals surface area contributed by atoms with Gasteiger partial charge in [-0.05, 0) is 43.1 Å². The van der Waals surface area contributed by atoms with Crippen LogP contribution in [0.15, 0.2) is 11.1 Å². The predicted molar refractivity (Wildman–Crippen MR) is 78.6 cm³/mol. The fourth-order valence-corrected chi connectivity index (χ4v) is 2.14. The van der Waals surface area contributed by atoms with Gasteiger partial charge in [0, 0.05) is 19.6 Å². The molecule has 0 radical (unpaired) electrons. The van der Waals surface area contributed by atoms with E-state index in [-0.39, 0.29) is 5.56 Å². The molecular formula is C11H19IN4O. The Labute approximate surface area is 115 Å². The normalized spacial score (nSPS) is 10.9. The fraction of sp³-hybridized carbons (Fsp3) is 0.636. The highest BCUT2D eigenvalue weighted by Gasteiger charge is 2.13. The third-order valence-electron chi connectivity index (χ3n) is 2.39. The van der Waals surface area contributed by atoms with Crippen LogP contribution in [0.25, 0.3) is 0 Å². The molecule has 1 aromatic heterocycles. The zero-order valence-corrected chi connectivity index (χ0v) is 12.7. The molecule has 1 N–H and O–H groups in total. The molecule has 1 rings (SSSR count). The topological polar surface area (TPSA) is 52.2 Å². The lowest BCUT2D eigenvalue weighted by molar-refractivity contribution is 0.412. The molecule has 0 spiro atoms. The summed E-state index contributed by atoms with van der Waals surface area (Å²) in [7, 11) is 4.08. The van der Waals surface area contributed by atoms with E-state index in [4.69, 9.17) is 0 Å². The van der Waals surface area contributed by atoms with Gasteiger partial charge in [-0.15, -0.1) is 0 Å². The summed E-state index contributed by atoms with van der Waals surface area (Å²) in [5.41, 5.74) is -0.0680. The van der Waals surface area contributed by atoms with Gasteiger partial charge in [0.15, 0.2) is 0 Å². The number of rotatable bonds is 6. The Morgan fingerprint density at radius 2 is 2.06 bits per heavy atom. The minimum atomic E-state index is -0.0680. The second-order valence-electron chi connectivity index (χ2n) is 4.16. The lowest BCUT2D eigenvalue weighted by atomic mass is 10.3. The lowest BCUT2D eigenvalue weighted by Gasteiger charge is -2.25. The van der Waals surface area contributed by atoms with Gasteiger partial charge in [0.2, 0.25) is 0 Å². The fourth-order valence-electron chi connectivity index (χ4n) is 1.51. The third-order valence-corrected chi connectivity index (χ3v) is 3.36. The predicted octanol–water partition coefficient (Wildman–Crippen LogP) is 1.15. The molecule has 96 valence electrons. The zero-order chi connectivity index (χ0) is 12.8. The van der Waals surface area contributed by atoms with Crippen LogP contribution in [-0.2, 0) is 0 Å². The molecule has 0 amide bonds. The van der Waals surface area contributed by atoms with Gasteiger partial charge in [0.25, 0.3) is 5.56 Å². The first-order chi connectivity index (χ1) is 8.06. The summed E-state index contributed by atoms with van der Waals surface area (Å²) in [6.07, 6.45) is 2.51. The molecule has 0 aliphatic heterocycles. The van der Waals surface area contributed by atoms with Crippen LogP contribution < -0.4 is 10.5 Å². The van der Waals surface area contributed by atoms with Crippen LogP contribution in [0.3, 0.4) is 0 Å². The Bertz CT molecular complexity index is 405. The van der Waals surface area contributed by atoms with E-state index < -0.39 is 0 Å². The smallest absolute Gasteiger partial charge is 0.266 e. The molecule has 0 unspecified atom stereocenters. The number of H-pyrrole nitrogens is 1. The molecule has 0 aliphatic rings. The molecule has 0 bridgehead atoms.